The number of anilines is 1. The Bertz CT molecular complexity index is 708. The van der Waals surface area contributed by atoms with E-state index in [2.05, 4.69) is 5.32 Å². The van der Waals surface area contributed by atoms with Gasteiger partial charge >= 0.3 is 5.97 Å². The number of carbonyl (C=O) groups excluding carboxylic acids is 2. The van der Waals surface area contributed by atoms with E-state index in [4.69, 9.17) is 16.3 Å². The molecule has 0 fully saturated rings. The lowest BCUT2D eigenvalue weighted by atomic mass is 10.1. The van der Waals surface area contributed by atoms with Gasteiger partial charge in [-0.1, -0.05) is 48.0 Å². The van der Waals surface area contributed by atoms with Crippen molar-refractivity contribution in [2.75, 3.05) is 11.9 Å². The number of rotatable bonds is 5. The highest BCUT2D eigenvalue weighted by atomic mass is 35.5. The zero-order valence-corrected chi connectivity index (χ0v) is 13.8. The van der Waals surface area contributed by atoms with Crippen molar-refractivity contribution in [3.05, 3.63) is 64.2 Å². The van der Waals surface area contributed by atoms with E-state index in [1.807, 2.05) is 32.0 Å². The van der Waals surface area contributed by atoms with Crippen molar-refractivity contribution in [1.29, 1.82) is 0 Å². The molecular weight excluding hydrogens is 314 g/mol. The van der Waals surface area contributed by atoms with E-state index in [-0.39, 0.29) is 18.9 Å². The molecule has 2 aromatic carbocycles. The van der Waals surface area contributed by atoms with Crippen LogP contribution in [0.4, 0.5) is 5.69 Å². The molecule has 0 spiro atoms. The van der Waals surface area contributed by atoms with Gasteiger partial charge in [-0.05, 0) is 36.6 Å². The molecular formula is C18H18ClNO3. The Labute approximate surface area is 140 Å². The molecule has 5 heteroatoms. The summed E-state index contributed by atoms with van der Waals surface area (Å²) in [6, 6.07) is 12.8. The fourth-order valence-electron chi connectivity index (χ4n) is 2.18. The number of amides is 1. The van der Waals surface area contributed by atoms with Gasteiger partial charge in [-0.25, -0.2) is 0 Å². The van der Waals surface area contributed by atoms with E-state index in [0.717, 1.165) is 16.8 Å². The van der Waals surface area contributed by atoms with Gasteiger partial charge in [0.2, 0.25) is 0 Å². The number of nitrogens with one attached hydrogen (secondary N) is 1. The summed E-state index contributed by atoms with van der Waals surface area (Å²) in [5.41, 5.74) is 3.34. The lowest BCUT2D eigenvalue weighted by Gasteiger charge is -2.11. The van der Waals surface area contributed by atoms with Crippen LogP contribution in [-0.4, -0.2) is 18.5 Å². The molecule has 0 saturated carbocycles. The Balaban J connectivity index is 1.87. The first kappa shape index (κ1) is 17.0. The molecule has 4 nitrogen and oxygen atoms in total. The highest BCUT2D eigenvalue weighted by Gasteiger charge is 2.12. The molecule has 2 rings (SSSR count). The van der Waals surface area contributed by atoms with Crippen LogP contribution < -0.4 is 5.32 Å². The molecule has 0 radical (unpaired) electrons. The molecule has 0 unspecified atom stereocenters. The van der Waals surface area contributed by atoms with Crippen LogP contribution in [0.2, 0.25) is 5.02 Å². The summed E-state index contributed by atoms with van der Waals surface area (Å²) in [6.45, 7) is 3.50. The Kier molecular flexibility index (Phi) is 5.77. The fourth-order valence-corrected chi connectivity index (χ4v) is 2.38. The van der Waals surface area contributed by atoms with Gasteiger partial charge in [0, 0.05) is 10.7 Å². The average molecular weight is 332 g/mol. The number of hydrogen-bond donors (Lipinski definition) is 1. The minimum Gasteiger partial charge on any atom is -0.455 e. The summed E-state index contributed by atoms with van der Waals surface area (Å²) in [7, 11) is 0. The van der Waals surface area contributed by atoms with Crippen LogP contribution in [0.3, 0.4) is 0 Å². The van der Waals surface area contributed by atoms with Gasteiger partial charge in [0.05, 0.1) is 6.42 Å². The number of benzene rings is 2. The maximum Gasteiger partial charge on any atom is 0.310 e. The molecule has 1 amide bonds. The maximum absolute atomic E-state index is 11.9. The van der Waals surface area contributed by atoms with Crippen molar-refractivity contribution in [3.63, 3.8) is 0 Å². The largest absolute Gasteiger partial charge is 0.455 e. The molecule has 0 aliphatic rings. The van der Waals surface area contributed by atoms with E-state index in [1.54, 1.807) is 24.3 Å². The van der Waals surface area contributed by atoms with Gasteiger partial charge in [-0.15, -0.1) is 0 Å². The monoisotopic (exact) mass is 331 g/mol. The standard InChI is InChI=1S/C18H18ClNO3/c1-12-6-5-7-13(2)18(12)20-16(21)11-23-17(22)10-14-8-3-4-9-15(14)19/h3-9H,10-11H2,1-2H3,(H,20,21). The first-order chi connectivity index (χ1) is 11.0. The van der Waals surface area contributed by atoms with Crippen LogP contribution in [-0.2, 0) is 20.7 Å². The smallest absolute Gasteiger partial charge is 0.310 e. The van der Waals surface area contributed by atoms with Gasteiger partial charge in [-0.3, -0.25) is 9.59 Å². The molecule has 1 N–H and O–H groups in total. The second-order valence-corrected chi connectivity index (χ2v) is 5.65. The SMILES string of the molecule is Cc1cccc(C)c1NC(=O)COC(=O)Cc1ccccc1Cl. The molecule has 23 heavy (non-hydrogen) atoms. The van der Waals surface area contributed by atoms with Crippen LogP contribution in [0.25, 0.3) is 0 Å². The van der Waals surface area contributed by atoms with Gasteiger partial charge in [-0.2, -0.15) is 0 Å². The van der Waals surface area contributed by atoms with Crippen LogP contribution in [0.1, 0.15) is 16.7 Å². The lowest BCUT2D eigenvalue weighted by molar-refractivity contribution is -0.146. The quantitative estimate of drug-likeness (QED) is 0.850. The van der Waals surface area contributed by atoms with Gasteiger partial charge < -0.3 is 10.1 Å². The Hall–Kier alpha value is -2.33. The third kappa shape index (κ3) is 4.83. The van der Waals surface area contributed by atoms with Gasteiger partial charge in [0.25, 0.3) is 5.91 Å². The molecule has 2 aromatic rings. The van der Waals surface area contributed by atoms with Crippen LogP contribution in [0.5, 0.6) is 0 Å². The van der Waals surface area contributed by atoms with E-state index >= 15 is 0 Å². The maximum atomic E-state index is 11.9. The predicted octanol–water partition coefficient (Wildman–Crippen LogP) is 3.68. The van der Waals surface area contributed by atoms with Crippen molar-refractivity contribution >= 4 is 29.2 Å². The van der Waals surface area contributed by atoms with Crippen molar-refractivity contribution < 1.29 is 14.3 Å². The van der Waals surface area contributed by atoms with Crippen LogP contribution >= 0.6 is 11.6 Å². The number of ether oxygens (including phenoxy) is 1. The molecule has 0 bridgehead atoms. The zero-order chi connectivity index (χ0) is 16.8. The topological polar surface area (TPSA) is 55.4 Å². The zero-order valence-electron chi connectivity index (χ0n) is 13.1. The molecule has 120 valence electrons. The highest BCUT2D eigenvalue weighted by molar-refractivity contribution is 6.31. The van der Waals surface area contributed by atoms with Gasteiger partial charge in [0.15, 0.2) is 6.61 Å². The Morgan fingerprint density at radius 2 is 1.70 bits per heavy atom. The van der Waals surface area contributed by atoms with Crippen LogP contribution in [0, 0.1) is 13.8 Å². The summed E-state index contributed by atoms with van der Waals surface area (Å²) >= 11 is 5.99. The van der Waals surface area contributed by atoms with Crippen LogP contribution in [0.15, 0.2) is 42.5 Å². The average Bonchev–Trinajstić information content (AvgIpc) is 2.51. The highest BCUT2D eigenvalue weighted by Crippen LogP contribution is 2.19. The van der Waals surface area contributed by atoms with Crippen molar-refractivity contribution in [1.82, 2.24) is 0 Å². The number of hydrogen-bond acceptors (Lipinski definition) is 3. The minimum atomic E-state index is -0.491. The summed E-state index contributed by atoms with van der Waals surface area (Å²) in [4.78, 5) is 23.7. The molecule has 0 saturated heterocycles. The predicted molar refractivity (Wildman–Crippen MR) is 90.7 cm³/mol. The number of halogens is 1. The Morgan fingerprint density at radius 3 is 2.35 bits per heavy atom. The Morgan fingerprint density at radius 1 is 1.04 bits per heavy atom. The molecule has 0 aliphatic heterocycles. The van der Waals surface area contributed by atoms with E-state index in [1.165, 1.54) is 0 Å². The summed E-state index contributed by atoms with van der Waals surface area (Å²) in [6.07, 6.45) is 0.0380. The summed E-state index contributed by atoms with van der Waals surface area (Å²) in [5, 5.41) is 3.27. The van der Waals surface area contributed by atoms with Crippen molar-refractivity contribution in [3.8, 4) is 0 Å². The first-order valence-corrected chi connectivity index (χ1v) is 7.60. The van der Waals surface area contributed by atoms with Crippen molar-refractivity contribution in [2.45, 2.75) is 20.3 Å². The van der Waals surface area contributed by atoms with E-state index in [0.29, 0.717) is 10.6 Å². The minimum absolute atomic E-state index is 0.0380. The van der Waals surface area contributed by atoms with Gasteiger partial charge in [0.1, 0.15) is 0 Å². The molecule has 0 aromatic heterocycles. The number of esters is 1. The molecule has 0 atom stereocenters. The van der Waals surface area contributed by atoms with E-state index in [9.17, 15) is 9.59 Å². The summed E-state index contributed by atoms with van der Waals surface area (Å²) in [5.74, 6) is -0.857. The third-order valence-electron chi connectivity index (χ3n) is 3.40. The number of aryl methyl sites for hydroxylation is 2. The summed E-state index contributed by atoms with van der Waals surface area (Å²) < 4.78 is 5.01. The molecule has 0 aliphatic carbocycles. The number of para-hydroxylation sites is 1. The third-order valence-corrected chi connectivity index (χ3v) is 3.77. The molecule has 0 heterocycles. The van der Waals surface area contributed by atoms with Crippen molar-refractivity contribution in [2.24, 2.45) is 0 Å². The first-order valence-electron chi connectivity index (χ1n) is 7.22. The number of carbonyl (C=O) groups is 2. The normalized spacial score (nSPS) is 10.2. The fraction of sp³-hybridized carbons (Fsp3) is 0.222. The van der Waals surface area contributed by atoms with E-state index < -0.39 is 5.97 Å². The lowest BCUT2D eigenvalue weighted by Crippen LogP contribution is -2.22. The second kappa shape index (κ2) is 7.79. The second-order valence-electron chi connectivity index (χ2n) is 5.24.